The van der Waals surface area contributed by atoms with Crippen molar-refractivity contribution < 1.29 is 8.42 Å². The molecule has 2 heterocycles. The lowest BCUT2D eigenvalue weighted by atomic mass is 10.0. The van der Waals surface area contributed by atoms with Gasteiger partial charge in [-0.1, -0.05) is 13.8 Å². The van der Waals surface area contributed by atoms with Gasteiger partial charge in [-0.15, -0.1) is 0 Å². The molecule has 0 N–H and O–H groups in total. The average molecular weight is 303 g/mol. The Bertz CT molecular complexity index is 413. The van der Waals surface area contributed by atoms with Crippen LogP contribution in [0.5, 0.6) is 0 Å². The minimum absolute atomic E-state index is 0.483. The lowest BCUT2D eigenvalue weighted by Crippen LogP contribution is -2.47. The van der Waals surface area contributed by atoms with Gasteiger partial charge in [0.15, 0.2) is 0 Å². The van der Waals surface area contributed by atoms with Gasteiger partial charge in [-0.2, -0.15) is 17.0 Å². The summed E-state index contributed by atoms with van der Waals surface area (Å²) in [5.74, 6) is 0.972. The van der Waals surface area contributed by atoms with Crippen LogP contribution in [-0.4, -0.2) is 68.2 Å². The highest BCUT2D eigenvalue weighted by Gasteiger charge is 2.37. The van der Waals surface area contributed by atoms with Crippen LogP contribution in [0.3, 0.4) is 0 Å². The van der Waals surface area contributed by atoms with Gasteiger partial charge in [0.25, 0.3) is 10.2 Å². The van der Waals surface area contributed by atoms with Crippen molar-refractivity contribution in [1.82, 2.24) is 13.5 Å². The van der Waals surface area contributed by atoms with E-state index in [-0.39, 0.29) is 0 Å². The number of rotatable bonds is 5. The predicted octanol–water partition coefficient (Wildman–Crippen LogP) is 1.24. The highest BCUT2D eigenvalue weighted by molar-refractivity contribution is 7.86. The summed E-state index contributed by atoms with van der Waals surface area (Å²) in [4.78, 5) is 2.27. The van der Waals surface area contributed by atoms with Crippen molar-refractivity contribution >= 4 is 10.2 Å². The minimum atomic E-state index is -3.22. The van der Waals surface area contributed by atoms with Crippen molar-refractivity contribution in [3.05, 3.63) is 0 Å². The standard InChI is InChI=1S/C14H29N3O2S/c1-4-15(3)11-14-7-9-17(12-14)20(18,19)16-8-5-6-13(2)10-16/h13-14H,4-12H2,1-3H3. The Morgan fingerprint density at radius 1 is 1.15 bits per heavy atom. The van der Waals surface area contributed by atoms with E-state index in [0.717, 1.165) is 32.4 Å². The zero-order chi connectivity index (χ0) is 14.8. The van der Waals surface area contributed by atoms with E-state index in [1.54, 1.807) is 8.61 Å². The predicted molar refractivity (Wildman–Crippen MR) is 81.7 cm³/mol. The van der Waals surface area contributed by atoms with Gasteiger partial charge in [-0.05, 0) is 44.7 Å². The molecule has 2 aliphatic rings. The van der Waals surface area contributed by atoms with E-state index in [1.165, 1.54) is 0 Å². The van der Waals surface area contributed by atoms with Gasteiger partial charge < -0.3 is 4.90 Å². The van der Waals surface area contributed by atoms with Gasteiger partial charge in [-0.25, -0.2) is 0 Å². The molecule has 0 radical (unpaired) electrons. The molecule has 0 saturated carbocycles. The number of piperidine rings is 1. The van der Waals surface area contributed by atoms with Crippen LogP contribution in [0.15, 0.2) is 0 Å². The van der Waals surface area contributed by atoms with Crippen LogP contribution in [-0.2, 0) is 10.2 Å². The molecule has 0 bridgehead atoms. The normalized spacial score (nSPS) is 30.2. The fourth-order valence-corrected chi connectivity index (χ4v) is 5.11. The molecule has 0 aromatic carbocycles. The van der Waals surface area contributed by atoms with Crippen molar-refractivity contribution in [3.8, 4) is 0 Å². The molecule has 2 rings (SSSR count). The maximum Gasteiger partial charge on any atom is 0.281 e. The highest BCUT2D eigenvalue weighted by atomic mass is 32.2. The Morgan fingerprint density at radius 2 is 1.85 bits per heavy atom. The van der Waals surface area contributed by atoms with Crippen LogP contribution in [0.4, 0.5) is 0 Å². The summed E-state index contributed by atoms with van der Waals surface area (Å²) in [5.41, 5.74) is 0. The van der Waals surface area contributed by atoms with Crippen molar-refractivity contribution in [2.75, 3.05) is 46.3 Å². The van der Waals surface area contributed by atoms with Gasteiger partial charge >= 0.3 is 0 Å². The maximum absolute atomic E-state index is 12.7. The first-order valence-electron chi connectivity index (χ1n) is 7.87. The average Bonchev–Trinajstić information content (AvgIpc) is 2.87. The van der Waals surface area contributed by atoms with Crippen LogP contribution in [0.25, 0.3) is 0 Å². The van der Waals surface area contributed by atoms with Gasteiger partial charge in [-0.3, -0.25) is 0 Å². The molecule has 0 amide bonds. The molecular weight excluding hydrogens is 274 g/mol. The van der Waals surface area contributed by atoms with Crippen LogP contribution in [0, 0.1) is 11.8 Å². The van der Waals surface area contributed by atoms with Gasteiger partial charge in [0.05, 0.1) is 0 Å². The second kappa shape index (κ2) is 6.73. The lowest BCUT2D eigenvalue weighted by molar-refractivity contribution is 0.258. The van der Waals surface area contributed by atoms with Crippen LogP contribution in [0.2, 0.25) is 0 Å². The summed E-state index contributed by atoms with van der Waals surface area (Å²) >= 11 is 0. The van der Waals surface area contributed by atoms with Gasteiger partial charge in [0.2, 0.25) is 0 Å². The SMILES string of the molecule is CCN(C)CC1CCN(S(=O)(=O)N2CCCC(C)C2)C1. The second-order valence-electron chi connectivity index (χ2n) is 6.48. The molecule has 2 aliphatic heterocycles. The number of hydrogen-bond donors (Lipinski definition) is 0. The van der Waals surface area contributed by atoms with Gasteiger partial charge in [0, 0.05) is 32.7 Å². The van der Waals surface area contributed by atoms with E-state index in [4.69, 9.17) is 0 Å². The number of nitrogens with zero attached hydrogens (tertiary/aromatic N) is 3. The zero-order valence-electron chi connectivity index (χ0n) is 13.1. The summed E-state index contributed by atoms with van der Waals surface area (Å²) in [7, 11) is -1.12. The molecular formula is C14H29N3O2S. The molecule has 20 heavy (non-hydrogen) atoms. The Morgan fingerprint density at radius 3 is 2.50 bits per heavy atom. The summed E-state index contributed by atoms with van der Waals surface area (Å²) < 4.78 is 28.8. The van der Waals surface area contributed by atoms with E-state index >= 15 is 0 Å². The van der Waals surface area contributed by atoms with E-state index in [0.29, 0.717) is 38.0 Å². The van der Waals surface area contributed by atoms with Crippen LogP contribution >= 0.6 is 0 Å². The van der Waals surface area contributed by atoms with Crippen molar-refractivity contribution in [2.24, 2.45) is 11.8 Å². The van der Waals surface area contributed by atoms with Crippen molar-refractivity contribution in [3.63, 3.8) is 0 Å². The third kappa shape index (κ3) is 3.72. The van der Waals surface area contributed by atoms with E-state index in [1.807, 2.05) is 0 Å². The third-order valence-electron chi connectivity index (χ3n) is 4.63. The molecule has 2 atom stereocenters. The fourth-order valence-electron chi connectivity index (χ4n) is 3.24. The van der Waals surface area contributed by atoms with Gasteiger partial charge in [0.1, 0.15) is 0 Å². The Balaban J connectivity index is 1.94. The van der Waals surface area contributed by atoms with Crippen molar-refractivity contribution in [1.29, 1.82) is 0 Å². The third-order valence-corrected chi connectivity index (χ3v) is 6.60. The summed E-state index contributed by atoms with van der Waals surface area (Å²) in [6.45, 7) is 9.07. The van der Waals surface area contributed by atoms with Crippen molar-refractivity contribution in [2.45, 2.75) is 33.1 Å². The number of hydrogen-bond acceptors (Lipinski definition) is 3. The molecule has 0 aliphatic carbocycles. The summed E-state index contributed by atoms with van der Waals surface area (Å²) in [5, 5.41) is 0. The minimum Gasteiger partial charge on any atom is -0.306 e. The molecule has 118 valence electrons. The quantitative estimate of drug-likeness (QED) is 0.767. The molecule has 0 aromatic rings. The maximum atomic E-state index is 12.7. The molecule has 2 fully saturated rings. The molecule has 6 heteroatoms. The smallest absolute Gasteiger partial charge is 0.281 e. The largest absolute Gasteiger partial charge is 0.306 e. The summed E-state index contributed by atoms with van der Waals surface area (Å²) in [6.07, 6.45) is 3.14. The van der Waals surface area contributed by atoms with E-state index in [2.05, 4.69) is 25.8 Å². The molecule has 2 saturated heterocycles. The lowest BCUT2D eigenvalue weighted by Gasteiger charge is -2.33. The highest BCUT2D eigenvalue weighted by Crippen LogP contribution is 2.25. The Kier molecular flexibility index (Phi) is 5.45. The van der Waals surface area contributed by atoms with Crippen LogP contribution in [0.1, 0.15) is 33.1 Å². The first-order valence-corrected chi connectivity index (χ1v) is 9.27. The molecule has 5 nitrogen and oxygen atoms in total. The Labute approximate surface area is 124 Å². The zero-order valence-corrected chi connectivity index (χ0v) is 13.9. The topological polar surface area (TPSA) is 43.9 Å². The Hall–Kier alpha value is -0.170. The molecule has 0 aromatic heterocycles. The molecule has 2 unspecified atom stereocenters. The molecule has 0 spiro atoms. The summed E-state index contributed by atoms with van der Waals surface area (Å²) in [6, 6.07) is 0. The van der Waals surface area contributed by atoms with E-state index < -0.39 is 10.2 Å². The van der Waals surface area contributed by atoms with E-state index in [9.17, 15) is 8.42 Å². The second-order valence-corrected chi connectivity index (χ2v) is 8.41. The monoisotopic (exact) mass is 303 g/mol. The fraction of sp³-hybridized carbons (Fsp3) is 1.00. The first kappa shape index (κ1) is 16.2. The van der Waals surface area contributed by atoms with Crippen LogP contribution < -0.4 is 0 Å². The first-order chi connectivity index (χ1) is 9.43.